The Morgan fingerprint density at radius 2 is 2.14 bits per heavy atom. The third-order valence-corrected chi connectivity index (χ3v) is 4.06. The molecule has 8 nitrogen and oxygen atoms in total. The maximum absolute atomic E-state index is 12.4. The Bertz CT molecular complexity index is 733. The fourth-order valence-corrected chi connectivity index (χ4v) is 2.99. The number of fused-ring (bicyclic) bond motifs is 1. The standard InChI is InChI=1S/C14H17N5O3/c1-9-4-7-15-13-16-11(18-19(9)13)12(22)17-14(8-10(20)21)5-2-3-6-14/h4,7H,2-3,5-6,8H2,1H3,(H,17,22)(H,20,21). The van der Waals surface area contributed by atoms with Crippen molar-refractivity contribution >= 4 is 17.7 Å². The van der Waals surface area contributed by atoms with Crippen LogP contribution in [0.4, 0.5) is 0 Å². The van der Waals surface area contributed by atoms with Crippen molar-refractivity contribution in [3.05, 3.63) is 23.8 Å². The molecular weight excluding hydrogens is 286 g/mol. The second kappa shape index (κ2) is 5.36. The predicted molar refractivity (Wildman–Crippen MR) is 76.4 cm³/mol. The van der Waals surface area contributed by atoms with Crippen LogP contribution in [0.5, 0.6) is 0 Å². The number of hydrogen-bond donors (Lipinski definition) is 2. The molecule has 0 aromatic carbocycles. The second-order valence-corrected chi connectivity index (χ2v) is 5.75. The van der Waals surface area contributed by atoms with Gasteiger partial charge < -0.3 is 10.4 Å². The van der Waals surface area contributed by atoms with E-state index in [1.807, 2.05) is 6.92 Å². The molecule has 22 heavy (non-hydrogen) atoms. The maximum atomic E-state index is 12.4. The molecule has 0 unspecified atom stereocenters. The second-order valence-electron chi connectivity index (χ2n) is 5.75. The van der Waals surface area contributed by atoms with E-state index in [1.54, 1.807) is 12.3 Å². The lowest BCUT2D eigenvalue weighted by Gasteiger charge is -2.27. The van der Waals surface area contributed by atoms with Crippen LogP contribution < -0.4 is 5.32 Å². The molecule has 2 aromatic rings. The van der Waals surface area contributed by atoms with E-state index in [0.29, 0.717) is 18.6 Å². The summed E-state index contributed by atoms with van der Waals surface area (Å²) in [6.07, 6.45) is 4.67. The number of carboxylic acids is 1. The van der Waals surface area contributed by atoms with E-state index in [4.69, 9.17) is 5.11 Å². The molecular formula is C14H17N5O3. The summed E-state index contributed by atoms with van der Waals surface area (Å²) >= 11 is 0. The summed E-state index contributed by atoms with van der Waals surface area (Å²) in [7, 11) is 0. The number of carboxylic acid groups (broad SMARTS) is 1. The smallest absolute Gasteiger partial charge is 0.305 e. The Kier molecular flexibility index (Phi) is 3.51. The number of nitrogens with zero attached hydrogens (tertiary/aromatic N) is 4. The number of carbonyl (C=O) groups is 2. The van der Waals surface area contributed by atoms with Crippen molar-refractivity contribution in [2.45, 2.75) is 44.6 Å². The Hall–Kier alpha value is -2.51. The zero-order chi connectivity index (χ0) is 15.7. The van der Waals surface area contributed by atoms with Gasteiger partial charge in [0.05, 0.1) is 12.0 Å². The van der Waals surface area contributed by atoms with E-state index >= 15 is 0 Å². The Balaban J connectivity index is 1.85. The van der Waals surface area contributed by atoms with E-state index in [0.717, 1.165) is 18.5 Å². The summed E-state index contributed by atoms with van der Waals surface area (Å²) in [5.41, 5.74) is 0.126. The zero-order valence-corrected chi connectivity index (χ0v) is 12.2. The first-order valence-electron chi connectivity index (χ1n) is 7.22. The SMILES string of the molecule is Cc1ccnc2nc(C(=O)NC3(CC(=O)O)CCCC3)nn12. The lowest BCUT2D eigenvalue weighted by Crippen LogP contribution is -2.48. The van der Waals surface area contributed by atoms with Crippen molar-refractivity contribution < 1.29 is 14.7 Å². The van der Waals surface area contributed by atoms with Crippen LogP contribution in [0.15, 0.2) is 12.3 Å². The molecule has 1 fully saturated rings. The molecule has 2 N–H and O–H groups in total. The van der Waals surface area contributed by atoms with Gasteiger partial charge in [-0.1, -0.05) is 12.8 Å². The van der Waals surface area contributed by atoms with Crippen LogP contribution in [0.3, 0.4) is 0 Å². The zero-order valence-electron chi connectivity index (χ0n) is 12.2. The first-order valence-corrected chi connectivity index (χ1v) is 7.22. The van der Waals surface area contributed by atoms with Gasteiger partial charge in [-0.2, -0.15) is 4.98 Å². The Morgan fingerprint density at radius 1 is 1.41 bits per heavy atom. The molecule has 0 bridgehead atoms. The fraction of sp³-hybridized carbons (Fsp3) is 0.500. The molecule has 0 saturated heterocycles. The van der Waals surface area contributed by atoms with E-state index < -0.39 is 17.4 Å². The van der Waals surface area contributed by atoms with Crippen molar-refractivity contribution in [3.8, 4) is 0 Å². The molecule has 1 saturated carbocycles. The lowest BCUT2D eigenvalue weighted by atomic mass is 9.93. The van der Waals surface area contributed by atoms with Gasteiger partial charge in [0.15, 0.2) is 0 Å². The Labute approximate surface area is 126 Å². The highest BCUT2D eigenvalue weighted by Crippen LogP contribution is 2.32. The van der Waals surface area contributed by atoms with Gasteiger partial charge in [0.2, 0.25) is 5.82 Å². The minimum absolute atomic E-state index is 0.0125. The number of aromatic nitrogens is 4. The van der Waals surface area contributed by atoms with Crippen molar-refractivity contribution in [1.29, 1.82) is 0 Å². The highest BCUT2D eigenvalue weighted by atomic mass is 16.4. The molecule has 2 heterocycles. The normalized spacial score (nSPS) is 16.8. The van der Waals surface area contributed by atoms with Crippen LogP contribution in [-0.2, 0) is 4.79 Å². The van der Waals surface area contributed by atoms with Gasteiger partial charge >= 0.3 is 5.97 Å². The molecule has 0 atom stereocenters. The van der Waals surface area contributed by atoms with Gasteiger partial charge in [0.1, 0.15) is 0 Å². The summed E-state index contributed by atoms with van der Waals surface area (Å²) in [6.45, 7) is 1.84. The van der Waals surface area contributed by atoms with Crippen LogP contribution in [0.2, 0.25) is 0 Å². The van der Waals surface area contributed by atoms with E-state index in [2.05, 4.69) is 20.4 Å². The van der Waals surface area contributed by atoms with E-state index in [-0.39, 0.29) is 12.2 Å². The number of aliphatic carboxylic acids is 1. The number of aryl methyl sites for hydroxylation is 1. The van der Waals surface area contributed by atoms with Crippen molar-refractivity contribution in [3.63, 3.8) is 0 Å². The topological polar surface area (TPSA) is 109 Å². The van der Waals surface area contributed by atoms with Gasteiger partial charge in [-0.05, 0) is 25.8 Å². The summed E-state index contributed by atoms with van der Waals surface area (Å²) < 4.78 is 1.49. The molecule has 1 amide bonds. The highest BCUT2D eigenvalue weighted by Gasteiger charge is 2.38. The third kappa shape index (κ3) is 2.63. The summed E-state index contributed by atoms with van der Waals surface area (Å²) in [6, 6.07) is 1.77. The molecule has 0 aliphatic heterocycles. The molecule has 0 spiro atoms. The molecule has 116 valence electrons. The predicted octanol–water partition coefficient (Wildman–Crippen LogP) is 0.950. The summed E-state index contributed by atoms with van der Waals surface area (Å²) in [4.78, 5) is 31.6. The van der Waals surface area contributed by atoms with Crippen LogP contribution in [-0.4, -0.2) is 42.1 Å². The van der Waals surface area contributed by atoms with Gasteiger partial charge in [0.25, 0.3) is 11.7 Å². The highest BCUT2D eigenvalue weighted by molar-refractivity contribution is 5.91. The van der Waals surface area contributed by atoms with Crippen molar-refractivity contribution in [1.82, 2.24) is 24.9 Å². The number of amides is 1. The van der Waals surface area contributed by atoms with Gasteiger partial charge in [-0.3, -0.25) is 9.59 Å². The van der Waals surface area contributed by atoms with Gasteiger partial charge in [-0.15, -0.1) is 5.10 Å². The monoisotopic (exact) mass is 303 g/mol. The van der Waals surface area contributed by atoms with E-state index in [9.17, 15) is 9.59 Å². The van der Waals surface area contributed by atoms with Crippen molar-refractivity contribution in [2.75, 3.05) is 0 Å². The van der Waals surface area contributed by atoms with Gasteiger partial charge in [0, 0.05) is 11.9 Å². The average molecular weight is 303 g/mol. The number of hydrogen-bond acceptors (Lipinski definition) is 5. The summed E-state index contributed by atoms with van der Waals surface area (Å²) in [5, 5.41) is 16.1. The number of carbonyl (C=O) groups excluding carboxylic acids is 1. The van der Waals surface area contributed by atoms with Gasteiger partial charge in [-0.25, -0.2) is 9.50 Å². The Morgan fingerprint density at radius 3 is 2.77 bits per heavy atom. The third-order valence-electron chi connectivity index (χ3n) is 4.06. The maximum Gasteiger partial charge on any atom is 0.305 e. The number of nitrogens with one attached hydrogen (secondary N) is 1. The first kappa shape index (κ1) is 14.4. The largest absolute Gasteiger partial charge is 0.481 e. The molecule has 1 aliphatic rings. The quantitative estimate of drug-likeness (QED) is 0.870. The van der Waals surface area contributed by atoms with Crippen LogP contribution >= 0.6 is 0 Å². The van der Waals surface area contributed by atoms with Crippen LogP contribution in [0, 0.1) is 6.92 Å². The molecule has 0 radical (unpaired) electrons. The first-order chi connectivity index (χ1) is 10.5. The average Bonchev–Trinajstić information content (AvgIpc) is 3.05. The fourth-order valence-electron chi connectivity index (χ4n) is 2.99. The van der Waals surface area contributed by atoms with Crippen LogP contribution in [0.1, 0.15) is 48.4 Å². The minimum atomic E-state index is -0.914. The van der Waals surface area contributed by atoms with Crippen LogP contribution in [0.25, 0.3) is 5.78 Å². The lowest BCUT2D eigenvalue weighted by molar-refractivity contribution is -0.138. The summed E-state index contributed by atoms with van der Waals surface area (Å²) in [5.74, 6) is -1.00. The molecule has 3 rings (SSSR count). The van der Waals surface area contributed by atoms with Crippen molar-refractivity contribution in [2.24, 2.45) is 0 Å². The minimum Gasteiger partial charge on any atom is -0.481 e. The molecule has 8 heteroatoms. The number of rotatable bonds is 4. The molecule has 2 aromatic heterocycles. The molecule has 1 aliphatic carbocycles. The van der Waals surface area contributed by atoms with E-state index in [1.165, 1.54) is 4.52 Å².